The number of hydrogen-bond donors (Lipinski definition) is 2. The number of rotatable bonds is 5. The molecule has 132 valence electrons. The monoisotopic (exact) mass is 452 g/mol. The molecule has 1 aromatic heterocycles. The van der Waals surface area contributed by atoms with Crippen LogP contribution in [0.15, 0.2) is 16.4 Å². The molecule has 2 unspecified atom stereocenters. The number of aryl methyl sites for hydroxylation is 1. The molecule has 2 heterocycles. The van der Waals surface area contributed by atoms with Gasteiger partial charge in [0, 0.05) is 37.1 Å². The largest absolute Gasteiger partial charge is 0.379 e. The van der Waals surface area contributed by atoms with Gasteiger partial charge in [-0.15, -0.1) is 35.3 Å². The molecule has 0 saturated carbocycles. The standard InChI is InChI=1S/C16H28N4OS.HI/c1-12-5-8-22-15(12)10-19-16(17-4)18-9-13(2)20-6-7-21-11-14(20)3;/h5,8,13-14H,6-7,9-11H2,1-4H3,(H2,17,18,19);1H. The number of ether oxygens (including phenoxy) is 1. The van der Waals surface area contributed by atoms with E-state index in [1.165, 1.54) is 10.4 Å². The van der Waals surface area contributed by atoms with Crippen molar-refractivity contribution in [3.05, 3.63) is 21.9 Å². The minimum atomic E-state index is 0. The fourth-order valence-corrected chi connectivity index (χ4v) is 3.57. The van der Waals surface area contributed by atoms with Gasteiger partial charge in [0.05, 0.1) is 19.8 Å². The maximum atomic E-state index is 5.50. The predicted octanol–water partition coefficient (Wildman–Crippen LogP) is 2.45. The van der Waals surface area contributed by atoms with E-state index in [1.54, 1.807) is 11.3 Å². The minimum Gasteiger partial charge on any atom is -0.379 e. The quantitative estimate of drug-likeness (QED) is 0.410. The molecule has 1 aromatic rings. The zero-order valence-electron chi connectivity index (χ0n) is 14.5. The van der Waals surface area contributed by atoms with E-state index in [2.05, 4.69) is 52.7 Å². The van der Waals surface area contributed by atoms with Crippen LogP contribution in [-0.4, -0.2) is 56.3 Å². The molecule has 23 heavy (non-hydrogen) atoms. The highest BCUT2D eigenvalue weighted by atomic mass is 127. The van der Waals surface area contributed by atoms with Crippen molar-refractivity contribution in [2.75, 3.05) is 33.4 Å². The smallest absolute Gasteiger partial charge is 0.191 e. The first-order valence-corrected chi connectivity index (χ1v) is 8.80. The molecule has 0 bridgehead atoms. The molecular weight excluding hydrogens is 423 g/mol. The van der Waals surface area contributed by atoms with Gasteiger partial charge in [0.1, 0.15) is 0 Å². The lowest BCUT2D eigenvalue weighted by Gasteiger charge is -2.38. The van der Waals surface area contributed by atoms with E-state index in [9.17, 15) is 0 Å². The molecule has 2 rings (SSSR count). The maximum Gasteiger partial charge on any atom is 0.191 e. The van der Waals surface area contributed by atoms with E-state index >= 15 is 0 Å². The van der Waals surface area contributed by atoms with Crippen molar-refractivity contribution in [3.63, 3.8) is 0 Å². The number of nitrogens with zero attached hydrogens (tertiary/aromatic N) is 2. The van der Waals surface area contributed by atoms with Gasteiger partial charge in [0.25, 0.3) is 0 Å². The second kappa shape index (κ2) is 10.5. The number of morpholine rings is 1. The Labute approximate surface area is 160 Å². The molecular formula is C16H29IN4OS. The fourth-order valence-electron chi connectivity index (χ4n) is 2.73. The van der Waals surface area contributed by atoms with E-state index in [0.717, 1.165) is 38.8 Å². The highest BCUT2D eigenvalue weighted by Crippen LogP contribution is 2.14. The van der Waals surface area contributed by atoms with Crippen molar-refractivity contribution in [1.29, 1.82) is 0 Å². The second-order valence-electron chi connectivity index (χ2n) is 5.84. The second-order valence-corrected chi connectivity index (χ2v) is 6.84. The first-order valence-electron chi connectivity index (χ1n) is 7.92. The maximum absolute atomic E-state index is 5.50. The van der Waals surface area contributed by atoms with Gasteiger partial charge in [-0.3, -0.25) is 9.89 Å². The number of hydrogen-bond acceptors (Lipinski definition) is 4. The van der Waals surface area contributed by atoms with Crippen LogP contribution in [0.1, 0.15) is 24.3 Å². The molecule has 0 aliphatic carbocycles. The van der Waals surface area contributed by atoms with Gasteiger partial charge in [-0.1, -0.05) is 0 Å². The van der Waals surface area contributed by atoms with Crippen LogP contribution in [0, 0.1) is 6.92 Å². The Morgan fingerprint density at radius 3 is 2.91 bits per heavy atom. The molecule has 0 radical (unpaired) electrons. The Kier molecular flexibility index (Phi) is 9.41. The van der Waals surface area contributed by atoms with E-state index in [-0.39, 0.29) is 24.0 Å². The van der Waals surface area contributed by atoms with Gasteiger partial charge < -0.3 is 15.4 Å². The van der Waals surface area contributed by atoms with Crippen LogP contribution in [-0.2, 0) is 11.3 Å². The average molecular weight is 452 g/mol. The van der Waals surface area contributed by atoms with Crippen LogP contribution >= 0.6 is 35.3 Å². The average Bonchev–Trinajstić information content (AvgIpc) is 2.93. The number of guanidine groups is 1. The zero-order chi connectivity index (χ0) is 15.9. The van der Waals surface area contributed by atoms with Crippen molar-refractivity contribution >= 4 is 41.3 Å². The lowest BCUT2D eigenvalue weighted by Crippen LogP contribution is -2.52. The number of thiophene rings is 1. The summed E-state index contributed by atoms with van der Waals surface area (Å²) in [5.74, 6) is 0.862. The summed E-state index contributed by atoms with van der Waals surface area (Å²) in [6.07, 6.45) is 0. The highest BCUT2D eigenvalue weighted by molar-refractivity contribution is 14.0. The topological polar surface area (TPSA) is 48.9 Å². The third-order valence-electron chi connectivity index (χ3n) is 4.16. The first-order chi connectivity index (χ1) is 10.6. The van der Waals surface area contributed by atoms with Crippen LogP contribution in [0.4, 0.5) is 0 Å². The van der Waals surface area contributed by atoms with Gasteiger partial charge in [-0.2, -0.15) is 0 Å². The Bertz CT molecular complexity index is 494. The van der Waals surface area contributed by atoms with Gasteiger partial charge in [-0.25, -0.2) is 0 Å². The lowest BCUT2D eigenvalue weighted by molar-refractivity contribution is -0.0174. The molecule has 0 amide bonds. The van der Waals surface area contributed by atoms with Crippen LogP contribution in [0.5, 0.6) is 0 Å². The Morgan fingerprint density at radius 1 is 1.52 bits per heavy atom. The Morgan fingerprint density at radius 2 is 2.30 bits per heavy atom. The zero-order valence-corrected chi connectivity index (χ0v) is 17.6. The molecule has 1 aliphatic heterocycles. The van der Waals surface area contributed by atoms with E-state index in [4.69, 9.17) is 4.74 Å². The molecule has 7 heteroatoms. The van der Waals surface area contributed by atoms with Gasteiger partial charge in [0.2, 0.25) is 0 Å². The van der Waals surface area contributed by atoms with Crippen molar-refractivity contribution in [1.82, 2.24) is 15.5 Å². The van der Waals surface area contributed by atoms with Crippen molar-refractivity contribution in [3.8, 4) is 0 Å². The van der Waals surface area contributed by atoms with Crippen molar-refractivity contribution in [2.45, 2.75) is 39.4 Å². The normalized spacial score (nSPS) is 20.7. The molecule has 1 saturated heterocycles. The third-order valence-corrected chi connectivity index (χ3v) is 5.18. The summed E-state index contributed by atoms with van der Waals surface area (Å²) in [6.45, 7) is 11.0. The van der Waals surface area contributed by atoms with Crippen molar-refractivity contribution in [2.24, 2.45) is 4.99 Å². The summed E-state index contributed by atoms with van der Waals surface area (Å²) in [5, 5.41) is 8.95. The van der Waals surface area contributed by atoms with Gasteiger partial charge in [0.15, 0.2) is 5.96 Å². The van der Waals surface area contributed by atoms with Crippen LogP contribution < -0.4 is 10.6 Å². The number of nitrogens with one attached hydrogen (secondary N) is 2. The molecule has 2 atom stereocenters. The summed E-state index contributed by atoms with van der Waals surface area (Å²) in [4.78, 5) is 8.16. The summed E-state index contributed by atoms with van der Waals surface area (Å²) >= 11 is 1.78. The van der Waals surface area contributed by atoms with Crippen LogP contribution in [0.3, 0.4) is 0 Å². The highest BCUT2D eigenvalue weighted by Gasteiger charge is 2.23. The van der Waals surface area contributed by atoms with Gasteiger partial charge >= 0.3 is 0 Å². The molecule has 5 nitrogen and oxygen atoms in total. The summed E-state index contributed by atoms with van der Waals surface area (Å²) in [7, 11) is 1.82. The molecule has 1 fully saturated rings. The van der Waals surface area contributed by atoms with E-state index in [0.29, 0.717) is 12.1 Å². The number of halogens is 1. The number of aliphatic imine (C=N–C) groups is 1. The van der Waals surface area contributed by atoms with Crippen LogP contribution in [0.25, 0.3) is 0 Å². The summed E-state index contributed by atoms with van der Waals surface area (Å²) < 4.78 is 5.50. The van der Waals surface area contributed by atoms with Gasteiger partial charge in [-0.05, 0) is 37.8 Å². The molecule has 2 N–H and O–H groups in total. The predicted molar refractivity (Wildman–Crippen MR) is 109 cm³/mol. The Hall–Kier alpha value is -0.380. The molecule has 0 aromatic carbocycles. The third kappa shape index (κ3) is 6.21. The first kappa shape index (κ1) is 20.7. The Balaban J connectivity index is 0.00000264. The summed E-state index contributed by atoms with van der Waals surface area (Å²) in [5.41, 5.74) is 1.34. The van der Waals surface area contributed by atoms with Crippen LogP contribution in [0.2, 0.25) is 0 Å². The van der Waals surface area contributed by atoms with Crippen molar-refractivity contribution < 1.29 is 4.74 Å². The summed E-state index contributed by atoms with van der Waals surface area (Å²) in [6, 6.07) is 3.09. The lowest BCUT2D eigenvalue weighted by atomic mass is 10.2. The minimum absolute atomic E-state index is 0. The fraction of sp³-hybridized carbons (Fsp3) is 0.688. The molecule has 0 spiro atoms. The SMILES string of the molecule is CN=C(NCc1sccc1C)NCC(C)N1CCOCC1C.I. The van der Waals surface area contributed by atoms with E-state index in [1.807, 2.05) is 7.05 Å². The molecule has 1 aliphatic rings. The van der Waals surface area contributed by atoms with E-state index < -0.39 is 0 Å².